The van der Waals surface area contributed by atoms with Gasteiger partial charge in [-0.1, -0.05) is 54.6 Å². The first-order valence-corrected chi connectivity index (χ1v) is 10.7. The van der Waals surface area contributed by atoms with Crippen molar-refractivity contribution >= 4 is 0 Å². The third-order valence-electron chi connectivity index (χ3n) is 5.40. The Bertz CT molecular complexity index is 906. The molecule has 158 valence electrons. The molecule has 0 aromatic heterocycles. The van der Waals surface area contributed by atoms with Crippen molar-refractivity contribution < 1.29 is 9.47 Å². The monoisotopic (exact) mass is 403 g/mol. The van der Waals surface area contributed by atoms with Crippen LogP contribution in [0.2, 0.25) is 0 Å². The van der Waals surface area contributed by atoms with Gasteiger partial charge in [-0.2, -0.15) is 0 Å². The van der Waals surface area contributed by atoms with E-state index < -0.39 is 0 Å². The molecule has 3 heteroatoms. The highest BCUT2D eigenvalue weighted by molar-refractivity contribution is 5.32. The number of aryl methyl sites for hydroxylation is 1. The summed E-state index contributed by atoms with van der Waals surface area (Å²) in [4.78, 5) is 0. The molecule has 3 aromatic rings. The molecule has 0 spiro atoms. The van der Waals surface area contributed by atoms with Gasteiger partial charge in [-0.25, -0.2) is 0 Å². The van der Waals surface area contributed by atoms with Gasteiger partial charge >= 0.3 is 0 Å². The first kappa shape index (κ1) is 21.9. The van der Waals surface area contributed by atoms with Gasteiger partial charge in [0.25, 0.3) is 0 Å². The minimum Gasteiger partial charge on any atom is -0.497 e. The summed E-state index contributed by atoms with van der Waals surface area (Å²) in [7, 11) is 1.71. The number of hydrogen-bond donors (Lipinski definition) is 1. The number of ether oxygens (including phenoxy) is 2. The van der Waals surface area contributed by atoms with Crippen LogP contribution in [0.4, 0.5) is 0 Å². The van der Waals surface area contributed by atoms with Gasteiger partial charge in [0.1, 0.15) is 18.1 Å². The Kier molecular flexibility index (Phi) is 7.92. The first-order chi connectivity index (χ1) is 14.6. The van der Waals surface area contributed by atoms with Crippen LogP contribution in [0.5, 0.6) is 11.5 Å². The van der Waals surface area contributed by atoms with Crippen molar-refractivity contribution in [2.75, 3.05) is 13.7 Å². The van der Waals surface area contributed by atoms with Crippen molar-refractivity contribution in [1.29, 1.82) is 0 Å². The molecule has 0 fully saturated rings. The number of rotatable bonds is 11. The second kappa shape index (κ2) is 10.8. The molecular formula is C27H33NO2. The van der Waals surface area contributed by atoms with Crippen molar-refractivity contribution in [3.63, 3.8) is 0 Å². The average Bonchev–Trinajstić information content (AvgIpc) is 2.78. The largest absolute Gasteiger partial charge is 0.497 e. The summed E-state index contributed by atoms with van der Waals surface area (Å²) in [6.07, 6.45) is 3.33. The molecule has 0 saturated carbocycles. The molecule has 3 rings (SSSR count). The molecule has 1 N–H and O–H groups in total. The van der Waals surface area contributed by atoms with Gasteiger partial charge in [-0.05, 0) is 80.6 Å². The molecule has 0 aliphatic carbocycles. The van der Waals surface area contributed by atoms with Gasteiger partial charge in [0.2, 0.25) is 0 Å². The third-order valence-corrected chi connectivity index (χ3v) is 5.40. The minimum absolute atomic E-state index is 0.0836. The topological polar surface area (TPSA) is 30.5 Å². The molecule has 0 atom stereocenters. The zero-order valence-corrected chi connectivity index (χ0v) is 18.4. The van der Waals surface area contributed by atoms with E-state index in [4.69, 9.17) is 9.47 Å². The van der Waals surface area contributed by atoms with Crippen LogP contribution in [0.1, 0.15) is 43.4 Å². The summed E-state index contributed by atoms with van der Waals surface area (Å²) in [5.41, 5.74) is 3.67. The highest BCUT2D eigenvalue weighted by Crippen LogP contribution is 2.24. The van der Waals surface area contributed by atoms with Gasteiger partial charge in [0.05, 0.1) is 7.11 Å². The van der Waals surface area contributed by atoms with E-state index in [1.54, 1.807) is 7.11 Å². The Hall–Kier alpha value is -2.78. The summed E-state index contributed by atoms with van der Waals surface area (Å²) < 4.78 is 11.3. The van der Waals surface area contributed by atoms with E-state index in [1.807, 2.05) is 36.4 Å². The van der Waals surface area contributed by atoms with Gasteiger partial charge in [-0.15, -0.1) is 0 Å². The van der Waals surface area contributed by atoms with Gasteiger partial charge < -0.3 is 14.8 Å². The average molecular weight is 404 g/mol. The lowest BCUT2D eigenvalue weighted by Gasteiger charge is -2.27. The maximum absolute atomic E-state index is 5.95. The fraction of sp³-hybridized carbons (Fsp3) is 0.333. The van der Waals surface area contributed by atoms with Crippen molar-refractivity contribution in [1.82, 2.24) is 5.32 Å². The molecule has 0 heterocycles. The maximum atomic E-state index is 5.95. The molecule has 0 aliphatic rings. The summed E-state index contributed by atoms with van der Waals surface area (Å²) in [5, 5.41) is 3.68. The molecule has 0 aliphatic heterocycles. The van der Waals surface area contributed by atoms with Crippen LogP contribution in [0.15, 0.2) is 78.9 Å². The SMILES string of the molecule is COc1cccc(C(C)(C)NCCCCc2cccc(OCc3ccccc3)c2)c1. The van der Waals surface area contributed by atoms with E-state index >= 15 is 0 Å². The van der Waals surface area contributed by atoms with Crippen LogP contribution in [0.3, 0.4) is 0 Å². The summed E-state index contributed by atoms with van der Waals surface area (Å²) in [6.45, 7) is 6.02. The molecule has 0 bridgehead atoms. The second-order valence-electron chi connectivity index (χ2n) is 8.16. The second-order valence-corrected chi connectivity index (χ2v) is 8.16. The van der Waals surface area contributed by atoms with Crippen LogP contribution in [0, 0.1) is 0 Å². The summed E-state index contributed by atoms with van der Waals surface area (Å²) in [6, 6.07) is 27.0. The molecule has 0 radical (unpaired) electrons. The van der Waals surface area contributed by atoms with E-state index in [-0.39, 0.29) is 5.54 Å². The number of hydrogen-bond acceptors (Lipinski definition) is 3. The third kappa shape index (κ3) is 6.64. The van der Waals surface area contributed by atoms with Crippen LogP contribution in [-0.4, -0.2) is 13.7 Å². The lowest BCUT2D eigenvalue weighted by molar-refractivity contribution is 0.306. The zero-order chi connectivity index (χ0) is 21.2. The van der Waals surface area contributed by atoms with Crippen molar-refractivity contribution in [3.8, 4) is 11.5 Å². The summed E-state index contributed by atoms with van der Waals surface area (Å²) >= 11 is 0. The Labute approximate surface area is 181 Å². The Morgan fingerprint density at radius 2 is 1.50 bits per heavy atom. The molecular weight excluding hydrogens is 370 g/mol. The number of benzene rings is 3. The van der Waals surface area contributed by atoms with E-state index in [0.717, 1.165) is 37.3 Å². The van der Waals surface area contributed by atoms with Crippen molar-refractivity contribution in [2.45, 2.75) is 45.3 Å². The van der Waals surface area contributed by atoms with E-state index in [2.05, 4.69) is 61.6 Å². The Morgan fingerprint density at radius 3 is 2.30 bits per heavy atom. The van der Waals surface area contributed by atoms with Crippen molar-refractivity contribution in [3.05, 3.63) is 95.6 Å². The standard InChI is InChI=1S/C27H33NO2/c1-27(2,24-15-10-16-25(20-24)29-3)28-18-8-7-11-22-14-9-17-26(19-22)30-21-23-12-5-4-6-13-23/h4-6,9-10,12-17,19-20,28H,7-8,11,18,21H2,1-3H3. The lowest BCUT2D eigenvalue weighted by atomic mass is 9.94. The molecule has 3 aromatic carbocycles. The van der Waals surface area contributed by atoms with Gasteiger partial charge in [0, 0.05) is 5.54 Å². The first-order valence-electron chi connectivity index (χ1n) is 10.7. The van der Waals surface area contributed by atoms with Crippen molar-refractivity contribution in [2.24, 2.45) is 0 Å². The highest BCUT2D eigenvalue weighted by atomic mass is 16.5. The maximum Gasteiger partial charge on any atom is 0.120 e. The molecule has 0 amide bonds. The predicted molar refractivity (Wildman–Crippen MR) is 124 cm³/mol. The van der Waals surface area contributed by atoms with Crippen LogP contribution in [0.25, 0.3) is 0 Å². The quantitative estimate of drug-likeness (QED) is 0.391. The van der Waals surface area contributed by atoms with Crippen LogP contribution >= 0.6 is 0 Å². The fourth-order valence-corrected chi connectivity index (χ4v) is 3.50. The van der Waals surface area contributed by atoms with E-state index in [0.29, 0.717) is 6.61 Å². The zero-order valence-electron chi connectivity index (χ0n) is 18.4. The Morgan fingerprint density at radius 1 is 0.767 bits per heavy atom. The number of nitrogens with one attached hydrogen (secondary N) is 1. The molecule has 30 heavy (non-hydrogen) atoms. The highest BCUT2D eigenvalue weighted by Gasteiger charge is 2.19. The Balaban J connectivity index is 1.42. The molecule has 3 nitrogen and oxygen atoms in total. The number of unbranched alkanes of at least 4 members (excludes halogenated alkanes) is 1. The van der Waals surface area contributed by atoms with Crippen LogP contribution < -0.4 is 14.8 Å². The summed E-state index contributed by atoms with van der Waals surface area (Å²) in [5.74, 6) is 1.84. The minimum atomic E-state index is -0.0836. The van der Waals surface area contributed by atoms with E-state index in [9.17, 15) is 0 Å². The van der Waals surface area contributed by atoms with Crippen LogP contribution in [-0.2, 0) is 18.6 Å². The normalized spacial score (nSPS) is 11.3. The fourth-order valence-electron chi connectivity index (χ4n) is 3.50. The van der Waals surface area contributed by atoms with Gasteiger partial charge in [-0.3, -0.25) is 0 Å². The predicted octanol–water partition coefficient (Wildman–Crippen LogP) is 6.12. The molecule has 0 saturated heterocycles. The smallest absolute Gasteiger partial charge is 0.120 e. The molecule has 0 unspecified atom stereocenters. The number of methoxy groups -OCH3 is 1. The van der Waals surface area contributed by atoms with Gasteiger partial charge in [0.15, 0.2) is 0 Å². The lowest BCUT2D eigenvalue weighted by Crippen LogP contribution is -2.37. The van der Waals surface area contributed by atoms with E-state index in [1.165, 1.54) is 16.7 Å².